The first-order valence-corrected chi connectivity index (χ1v) is 6.78. The lowest BCUT2D eigenvalue weighted by molar-refractivity contribution is -0.243. The summed E-state index contributed by atoms with van der Waals surface area (Å²) in [6.07, 6.45) is 5.82. The van der Waals surface area contributed by atoms with Crippen molar-refractivity contribution in [1.29, 1.82) is 0 Å². The van der Waals surface area contributed by atoms with Crippen LogP contribution >= 0.6 is 0 Å². The van der Waals surface area contributed by atoms with Crippen LogP contribution in [-0.4, -0.2) is 29.6 Å². The van der Waals surface area contributed by atoms with Crippen LogP contribution < -0.4 is 0 Å². The van der Waals surface area contributed by atoms with Gasteiger partial charge < -0.3 is 14.6 Å². The molecule has 1 heterocycles. The van der Waals surface area contributed by atoms with Gasteiger partial charge in [0.1, 0.15) is 5.41 Å². The van der Waals surface area contributed by atoms with Gasteiger partial charge in [-0.25, -0.2) is 0 Å². The SMILES string of the molecule is C=C[C@@H]1C[C@]2(C(=O)OCC)CCCCC[C@]2(O)O1. The van der Waals surface area contributed by atoms with E-state index in [-0.39, 0.29) is 12.1 Å². The quantitative estimate of drug-likeness (QED) is 0.619. The van der Waals surface area contributed by atoms with E-state index in [9.17, 15) is 9.90 Å². The predicted octanol–water partition coefficient (Wildman–Crippen LogP) is 2.16. The molecule has 0 radical (unpaired) electrons. The molecular weight excluding hydrogens is 232 g/mol. The van der Waals surface area contributed by atoms with Crippen molar-refractivity contribution in [2.45, 2.75) is 57.3 Å². The van der Waals surface area contributed by atoms with Gasteiger partial charge in [-0.05, 0) is 26.2 Å². The summed E-state index contributed by atoms with van der Waals surface area (Å²) in [4.78, 5) is 12.3. The van der Waals surface area contributed by atoms with E-state index in [2.05, 4.69) is 6.58 Å². The summed E-state index contributed by atoms with van der Waals surface area (Å²) >= 11 is 0. The van der Waals surface area contributed by atoms with E-state index in [1.54, 1.807) is 13.0 Å². The third-order valence-electron chi connectivity index (χ3n) is 4.19. The average molecular weight is 254 g/mol. The lowest BCUT2D eigenvalue weighted by Crippen LogP contribution is -2.50. The monoisotopic (exact) mass is 254 g/mol. The van der Waals surface area contributed by atoms with Crippen LogP contribution in [0.4, 0.5) is 0 Å². The fraction of sp³-hybridized carbons (Fsp3) is 0.786. The Kier molecular flexibility index (Phi) is 3.78. The molecule has 0 aromatic carbocycles. The molecule has 0 unspecified atom stereocenters. The standard InChI is InChI=1S/C14H22O4/c1-3-11-10-13(12(15)17-4-2)8-6-5-7-9-14(13,16)18-11/h3,11,16H,1,4-10H2,2H3/t11-,13+,14+/m1/s1. The lowest BCUT2D eigenvalue weighted by atomic mass is 9.73. The van der Waals surface area contributed by atoms with Crippen molar-refractivity contribution in [3.05, 3.63) is 12.7 Å². The zero-order valence-electron chi connectivity index (χ0n) is 11.0. The average Bonchev–Trinajstić information content (AvgIpc) is 2.54. The molecule has 2 aliphatic rings. The Morgan fingerprint density at radius 3 is 2.89 bits per heavy atom. The fourth-order valence-corrected chi connectivity index (χ4v) is 3.22. The molecule has 4 heteroatoms. The van der Waals surface area contributed by atoms with Gasteiger partial charge in [0.15, 0.2) is 5.79 Å². The van der Waals surface area contributed by atoms with Crippen molar-refractivity contribution in [2.75, 3.05) is 6.61 Å². The number of aliphatic hydroxyl groups is 1. The molecule has 0 bridgehead atoms. The summed E-state index contributed by atoms with van der Waals surface area (Å²) in [5.74, 6) is -1.70. The maximum absolute atomic E-state index is 12.3. The number of hydrogen-bond acceptors (Lipinski definition) is 4. The Bertz CT molecular complexity index is 341. The minimum atomic E-state index is -1.38. The van der Waals surface area contributed by atoms with E-state index in [4.69, 9.17) is 9.47 Å². The molecule has 1 saturated carbocycles. The van der Waals surface area contributed by atoms with E-state index in [0.717, 1.165) is 19.3 Å². The van der Waals surface area contributed by atoms with Crippen molar-refractivity contribution in [2.24, 2.45) is 5.41 Å². The number of carbonyl (C=O) groups excluding carboxylic acids is 1. The summed E-state index contributed by atoms with van der Waals surface area (Å²) in [7, 11) is 0. The molecule has 1 aliphatic carbocycles. The number of hydrogen-bond donors (Lipinski definition) is 1. The normalized spacial score (nSPS) is 39.8. The van der Waals surface area contributed by atoms with Crippen molar-refractivity contribution in [1.82, 2.24) is 0 Å². The largest absolute Gasteiger partial charge is 0.465 e. The van der Waals surface area contributed by atoms with E-state index in [1.807, 2.05) is 0 Å². The summed E-state index contributed by atoms with van der Waals surface area (Å²) in [5, 5.41) is 10.8. The summed E-state index contributed by atoms with van der Waals surface area (Å²) < 4.78 is 10.9. The van der Waals surface area contributed by atoms with Gasteiger partial charge in [0, 0.05) is 6.42 Å². The highest BCUT2D eigenvalue weighted by Gasteiger charge is 2.63. The van der Waals surface area contributed by atoms with Crippen molar-refractivity contribution < 1.29 is 19.4 Å². The van der Waals surface area contributed by atoms with Gasteiger partial charge in [-0.2, -0.15) is 0 Å². The van der Waals surface area contributed by atoms with Gasteiger partial charge in [-0.1, -0.05) is 18.9 Å². The van der Waals surface area contributed by atoms with Crippen LogP contribution in [0.3, 0.4) is 0 Å². The first-order chi connectivity index (χ1) is 8.58. The van der Waals surface area contributed by atoms with Crippen LogP contribution in [0.2, 0.25) is 0 Å². The summed E-state index contributed by atoms with van der Waals surface area (Å²) in [6.45, 7) is 5.81. The molecule has 2 fully saturated rings. The van der Waals surface area contributed by atoms with Crippen molar-refractivity contribution in [3.8, 4) is 0 Å². The first kappa shape index (κ1) is 13.6. The molecule has 0 spiro atoms. The minimum Gasteiger partial charge on any atom is -0.465 e. The second-order valence-corrected chi connectivity index (χ2v) is 5.24. The highest BCUT2D eigenvalue weighted by molar-refractivity contribution is 5.79. The Morgan fingerprint density at radius 2 is 2.22 bits per heavy atom. The minimum absolute atomic E-state index is 0.266. The Hall–Kier alpha value is -0.870. The smallest absolute Gasteiger partial charge is 0.317 e. The molecule has 1 N–H and O–H groups in total. The van der Waals surface area contributed by atoms with Crippen molar-refractivity contribution >= 4 is 5.97 Å². The first-order valence-electron chi connectivity index (χ1n) is 6.78. The molecule has 0 aromatic heterocycles. The number of fused-ring (bicyclic) bond motifs is 1. The highest BCUT2D eigenvalue weighted by atomic mass is 16.6. The van der Waals surface area contributed by atoms with Gasteiger partial charge in [0.25, 0.3) is 0 Å². The van der Waals surface area contributed by atoms with Crippen molar-refractivity contribution in [3.63, 3.8) is 0 Å². The van der Waals surface area contributed by atoms with E-state index in [1.165, 1.54) is 0 Å². The summed E-state index contributed by atoms with van der Waals surface area (Å²) in [6, 6.07) is 0. The van der Waals surface area contributed by atoms with Gasteiger partial charge in [-0.3, -0.25) is 4.79 Å². The Labute approximate surface area is 108 Å². The van der Waals surface area contributed by atoms with Crippen LogP contribution in [0.25, 0.3) is 0 Å². The molecule has 1 aliphatic heterocycles. The second kappa shape index (κ2) is 5.02. The molecule has 2 rings (SSSR count). The molecule has 1 saturated heterocycles. The predicted molar refractivity (Wildman–Crippen MR) is 66.8 cm³/mol. The topological polar surface area (TPSA) is 55.8 Å². The molecule has 102 valence electrons. The number of carbonyl (C=O) groups is 1. The molecular formula is C14H22O4. The maximum Gasteiger partial charge on any atom is 0.317 e. The molecule has 0 amide bonds. The zero-order valence-corrected chi connectivity index (χ0v) is 11.0. The molecule has 3 atom stereocenters. The third-order valence-corrected chi connectivity index (χ3v) is 4.19. The number of rotatable bonds is 3. The van der Waals surface area contributed by atoms with E-state index >= 15 is 0 Å². The molecule has 18 heavy (non-hydrogen) atoms. The van der Waals surface area contributed by atoms with Crippen LogP contribution in [0.1, 0.15) is 45.4 Å². The Balaban J connectivity index is 2.34. The van der Waals surface area contributed by atoms with Gasteiger partial charge >= 0.3 is 5.97 Å². The highest BCUT2D eigenvalue weighted by Crippen LogP contribution is 2.53. The molecule has 4 nitrogen and oxygen atoms in total. The Morgan fingerprint density at radius 1 is 1.50 bits per heavy atom. The van der Waals surface area contributed by atoms with E-state index in [0.29, 0.717) is 25.9 Å². The zero-order chi connectivity index (χ0) is 13.2. The number of ether oxygens (including phenoxy) is 2. The van der Waals surface area contributed by atoms with Gasteiger partial charge in [-0.15, -0.1) is 6.58 Å². The van der Waals surface area contributed by atoms with Gasteiger partial charge in [0.2, 0.25) is 0 Å². The fourth-order valence-electron chi connectivity index (χ4n) is 3.22. The van der Waals surface area contributed by atoms with Crippen LogP contribution in [0.5, 0.6) is 0 Å². The summed E-state index contributed by atoms with van der Waals surface area (Å²) in [5.41, 5.74) is -0.904. The van der Waals surface area contributed by atoms with Crippen LogP contribution in [0, 0.1) is 5.41 Å². The third kappa shape index (κ3) is 1.97. The second-order valence-electron chi connectivity index (χ2n) is 5.24. The van der Waals surface area contributed by atoms with Crippen LogP contribution in [-0.2, 0) is 14.3 Å². The van der Waals surface area contributed by atoms with Gasteiger partial charge in [0.05, 0.1) is 12.7 Å². The van der Waals surface area contributed by atoms with E-state index < -0.39 is 11.2 Å². The maximum atomic E-state index is 12.3. The lowest BCUT2D eigenvalue weighted by Gasteiger charge is -2.36. The van der Waals surface area contributed by atoms with Crippen LogP contribution in [0.15, 0.2) is 12.7 Å². The number of esters is 1. The molecule has 0 aromatic rings.